The highest BCUT2D eigenvalue weighted by Crippen LogP contribution is 2.54. The van der Waals surface area contributed by atoms with Crippen molar-refractivity contribution in [2.75, 3.05) is 27.0 Å². The summed E-state index contributed by atoms with van der Waals surface area (Å²) >= 11 is 0. The number of aliphatic hydroxyl groups excluding tert-OH is 1. The summed E-state index contributed by atoms with van der Waals surface area (Å²) in [6, 6.07) is 4.07. The van der Waals surface area contributed by atoms with E-state index in [4.69, 9.17) is 22.4 Å². The molecule has 4 rings (SSSR count). The maximum Gasteiger partial charge on any atom is 0.170 e. The minimum atomic E-state index is -3.92. The van der Waals surface area contributed by atoms with E-state index in [2.05, 4.69) is 30.0 Å². The van der Waals surface area contributed by atoms with Crippen LogP contribution in [0.5, 0.6) is 11.5 Å². The number of rotatable bonds is 1. The molecule has 1 aliphatic carbocycles. The third-order valence-corrected chi connectivity index (χ3v) is 4.98. The second kappa shape index (κ2) is 6.68. The lowest BCUT2D eigenvalue weighted by atomic mass is 9.69. The molecule has 0 saturated carbocycles. The molecular formula is C18H23NO6S. The van der Waals surface area contributed by atoms with Gasteiger partial charge in [-0.15, -0.1) is 0 Å². The molecule has 142 valence electrons. The van der Waals surface area contributed by atoms with Crippen LogP contribution in [0, 0.1) is 0 Å². The first-order valence-electron chi connectivity index (χ1n) is 8.35. The zero-order valence-corrected chi connectivity index (χ0v) is 15.8. The van der Waals surface area contributed by atoms with Crippen LogP contribution in [0.4, 0.5) is 0 Å². The first-order chi connectivity index (χ1) is 12.1. The van der Waals surface area contributed by atoms with Gasteiger partial charge in [0.05, 0.1) is 28.7 Å². The molecule has 0 aromatic heterocycles. The molecule has 1 aromatic rings. The lowest BCUT2D eigenvalue weighted by Crippen LogP contribution is -2.42. The fourth-order valence-corrected chi connectivity index (χ4v) is 3.92. The molecule has 2 aliphatic heterocycles. The van der Waals surface area contributed by atoms with Crippen LogP contribution in [-0.2, 0) is 15.5 Å². The molecule has 0 saturated heterocycles. The van der Waals surface area contributed by atoms with E-state index in [9.17, 15) is 5.11 Å². The van der Waals surface area contributed by atoms with Crippen LogP contribution < -0.4 is 9.47 Å². The fourth-order valence-electron chi connectivity index (χ4n) is 3.92. The largest absolute Gasteiger partial charge is 0.748 e. The summed E-state index contributed by atoms with van der Waals surface area (Å²) in [6.45, 7) is 0.969. The second-order valence-electron chi connectivity index (χ2n) is 6.93. The molecule has 1 aromatic carbocycles. The van der Waals surface area contributed by atoms with Crippen LogP contribution in [0.15, 0.2) is 24.3 Å². The van der Waals surface area contributed by atoms with Gasteiger partial charge in [0.2, 0.25) is 0 Å². The highest BCUT2D eigenvalue weighted by atomic mass is 32.2. The van der Waals surface area contributed by atoms with E-state index < -0.39 is 16.2 Å². The molecule has 2 heterocycles. The standard InChI is InChI=1S/C17H20NO3.CH4O3S/c1-18-8-7-17-6-5-12(19)9-14(17)21-16-13(20-2)4-3-11(10-18)15(16)17;1-5(2,3)4/h3-6,10,12,14,19H,7-9H2,1-2H3;1H3,(H,2,3,4)/q+1;/p-1/t12-,14-,17-;/m0./s1. The van der Waals surface area contributed by atoms with Crippen LogP contribution in [0.2, 0.25) is 0 Å². The number of hydrogen-bond acceptors (Lipinski definition) is 6. The molecule has 3 atom stereocenters. The molecule has 7 nitrogen and oxygen atoms in total. The lowest BCUT2D eigenvalue weighted by molar-refractivity contribution is -0.493. The number of ether oxygens (including phenoxy) is 2. The Bertz CT molecular complexity index is 868. The molecule has 1 N–H and O–H groups in total. The predicted molar refractivity (Wildman–Crippen MR) is 95.3 cm³/mol. The number of methoxy groups -OCH3 is 1. The van der Waals surface area contributed by atoms with Crippen molar-refractivity contribution in [3.8, 4) is 11.5 Å². The predicted octanol–water partition coefficient (Wildman–Crippen LogP) is 0.641. The van der Waals surface area contributed by atoms with Crippen molar-refractivity contribution in [1.29, 1.82) is 0 Å². The van der Waals surface area contributed by atoms with Crippen molar-refractivity contribution in [3.63, 3.8) is 0 Å². The summed E-state index contributed by atoms with van der Waals surface area (Å²) in [4.78, 5) is 0. The maximum atomic E-state index is 9.97. The van der Waals surface area contributed by atoms with Gasteiger partial charge < -0.3 is 19.1 Å². The van der Waals surface area contributed by atoms with Crippen LogP contribution in [0.25, 0.3) is 0 Å². The molecule has 0 fully saturated rings. The molecular weight excluding hydrogens is 358 g/mol. The minimum Gasteiger partial charge on any atom is -0.748 e. The number of aliphatic hydroxyl groups is 1. The van der Waals surface area contributed by atoms with Crippen molar-refractivity contribution in [3.05, 3.63) is 35.4 Å². The highest BCUT2D eigenvalue weighted by Gasteiger charge is 2.53. The molecule has 8 heteroatoms. The van der Waals surface area contributed by atoms with Crippen molar-refractivity contribution in [1.82, 2.24) is 0 Å². The third-order valence-electron chi connectivity index (χ3n) is 4.98. The van der Waals surface area contributed by atoms with Crippen molar-refractivity contribution in [2.45, 2.75) is 30.5 Å². The van der Waals surface area contributed by atoms with Crippen LogP contribution in [0.1, 0.15) is 24.0 Å². The maximum absolute atomic E-state index is 9.97. The van der Waals surface area contributed by atoms with Crippen LogP contribution >= 0.6 is 0 Å². The Hall–Kier alpha value is -1.90. The van der Waals surface area contributed by atoms with Crippen LogP contribution in [0.3, 0.4) is 0 Å². The van der Waals surface area contributed by atoms with Gasteiger partial charge in [0.15, 0.2) is 17.7 Å². The monoisotopic (exact) mass is 381 g/mol. The van der Waals surface area contributed by atoms with Crippen molar-refractivity contribution in [2.24, 2.45) is 0 Å². The van der Waals surface area contributed by atoms with E-state index in [0.29, 0.717) is 12.7 Å². The van der Waals surface area contributed by atoms with Gasteiger partial charge in [0, 0.05) is 30.2 Å². The summed E-state index contributed by atoms with van der Waals surface area (Å²) in [6.07, 6.45) is 8.05. The first kappa shape index (κ1) is 18.9. The summed E-state index contributed by atoms with van der Waals surface area (Å²) in [5, 5.41) is 9.97. The lowest BCUT2D eigenvalue weighted by Gasteiger charge is -2.34. The SMILES string of the molecule is COc1ccc2c3c1O[C@H]1C[C@@H](O)C=C[C@@]31CC[N+](C)=C2.CS(=O)(=O)[O-]. The Balaban J connectivity index is 0.000000349. The fraction of sp³-hybridized carbons (Fsp3) is 0.500. The summed E-state index contributed by atoms with van der Waals surface area (Å²) in [7, 11) is -0.140. The zero-order valence-electron chi connectivity index (χ0n) is 15.0. The summed E-state index contributed by atoms with van der Waals surface area (Å²) in [5.74, 6) is 1.63. The average molecular weight is 381 g/mol. The van der Waals surface area contributed by atoms with Gasteiger partial charge >= 0.3 is 0 Å². The Labute approximate surface area is 153 Å². The van der Waals surface area contributed by atoms with E-state index in [1.54, 1.807) is 7.11 Å². The number of benzene rings is 1. The molecule has 0 radical (unpaired) electrons. The van der Waals surface area contributed by atoms with Gasteiger partial charge in [0.25, 0.3) is 0 Å². The second-order valence-corrected chi connectivity index (χ2v) is 8.34. The summed E-state index contributed by atoms with van der Waals surface area (Å²) < 4.78 is 41.2. The van der Waals surface area contributed by atoms with E-state index in [1.165, 1.54) is 11.1 Å². The van der Waals surface area contributed by atoms with Crippen molar-refractivity contribution < 1.29 is 32.1 Å². The van der Waals surface area contributed by atoms with E-state index in [-0.39, 0.29) is 11.5 Å². The number of nitrogens with zero attached hydrogens (tertiary/aromatic N) is 1. The van der Waals surface area contributed by atoms with Gasteiger partial charge in [0.1, 0.15) is 19.7 Å². The normalized spacial score (nSPS) is 28.6. The Morgan fingerprint density at radius 2 is 2.12 bits per heavy atom. The summed E-state index contributed by atoms with van der Waals surface area (Å²) in [5.41, 5.74) is 2.27. The van der Waals surface area contributed by atoms with Crippen molar-refractivity contribution >= 4 is 16.3 Å². The number of hydrogen-bond donors (Lipinski definition) is 1. The van der Waals surface area contributed by atoms with E-state index >= 15 is 0 Å². The van der Waals surface area contributed by atoms with Gasteiger partial charge in [-0.25, -0.2) is 13.0 Å². The molecule has 1 spiro atoms. The average Bonchev–Trinajstić information content (AvgIpc) is 2.78. The molecule has 3 aliphatic rings. The van der Waals surface area contributed by atoms with Gasteiger partial charge in [-0.2, -0.15) is 0 Å². The topological polar surface area (TPSA) is 98.9 Å². The van der Waals surface area contributed by atoms with E-state index in [0.717, 1.165) is 24.5 Å². The molecule has 0 unspecified atom stereocenters. The first-order valence-corrected chi connectivity index (χ1v) is 10.2. The molecule has 0 bridgehead atoms. The quantitative estimate of drug-likeness (QED) is 0.435. The smallest absolute Gasteiger partial charge is 0.170 e. The molecule has 26 heavy (non-hydrogen) atoms. The minimum absolute atomic E-state index is 0.0116. The molecule has 0 amide bonds. The van der Waals surface area contributed by atoms with Gasteiger partial charge in [-0.05, 0) is 12.1 Å². The van der Waals surface area contributed by atoms with E-state index in [1.807, 2.05) is 12.1 Å². The third kappa shape index (κ3) is 3.49. The highest BCUT2D eigenvalue weighted by molar-refractivity contribution is 7.84. The Morgan fingerprint density at radius 3 is 2.77 bits per heavy atom. The zero-order chi connectivity index (χ0) is 19.1. The Kier molecular flexibility index (Phi) is 4.85. The van der Waals surface area contributed by atoms with Crippen LogP contribution in [-0.4, -0.2) is 68.0 Å². The van der Waals surface area contributed by atoms with Gasteiger partial charge in [-0.3, -0.25) is 0 Å². The van der Waals surface area contributed by atoms with Gasteiger partial charge in [-0.1, -0.05) is 12.2 Å². The Morgan fingerprint density at radius 1 is 1.42 bits per heavy atom.